The van der Waals surface area contributed by atoms with Crippen molar-refractivity contribution in [3.05, 3.63) is 47.3 Å². The number of aldehydes is 1. The van der Waals surface area contributed by atoms with Gasteiger partial charge in [0.25, 0.3) is 5.91 Å². The van der Waals surface area contributed by atoms with Crippen LogP contribution in [0.25, 0.3) is 0 Å². The van der Waals surface area contributed by atoms with Gasteiger partial charge in [0.1, 0.15) is 11.3 Å². The lowest BCUT2D eigenvalue weighted by atomic mass is 9.93. The van der Waals surface area contributed by atoms with E-state index in [0.717, 1.165) is 5.56 Å². The molecule has 9 heteroatoms. The summed E-state index contributed by atoms with van der Waals surface area (Å²) >= 11 is 0. The summed E-state index contributed by atoms with van der Waals surface area (Å²) in [6.45, 7) is 0.245. The Labute approximate surface area is 149 Å². The van der Waals surface area contributed by atoms with E-state index in [1.165, 1.54) is 22.9 Å². The molecule has 3 N–H and O–H groups in total. The van der Waals surface area contributed by atoms with Gasteiger partial charge in [-0.05, 0) is 17.7 Å². The van der Waals surface area contributed by atoms with Crippen molar-refractivity contribution in [2.75, 3.05) is 13.7 Å². The van der Waals surface area contributed by atoms with Gasteiger partial charge in [0.2, 0.25) is 0 Å². The summed E-state index contributed by atoms with van der Waals surface area (Å²) in [5, 5.41) is 6.51. The lowest BCUT2D eigenvalue weighted by Crippen LogP contribution is -2.55. The molecule has 2 aromatic rings. The highest BCUT2D eigenvalue weighted by Gasteiger charge is 2.40. The van der Waals surface area contributed by atoms with Gasteiger partial charge < -0.3 is 25.5 Å². The van der Waals surface area contributed by atoms with E-state index in [-0.39, 0.29) is 12.5 Å². The summed E-state index contributed by atoms with van der Waals surface area (Å²) in [5.74, 6) is 0.323. The number of urea groups is 1. The maximum absolute atomic E-state index is 12.8. The highest BCUT2D eigenvalue weighted by molar-refractivity contribution is 5.99. The molecule has 0 bridgehead atoms. The smallest absolute Gasteiger partial charge is 0.313 e. The number of nitrogens with two attached hydrogens (primary N) is 1. The topological polar surface area (TPSA) is 120 Å². The average molecular weight is 357 g/mol. The van der Waals surface area contributed by atoms with Crippen LogP contribution in [-0.4, -0.2) is 46.6 Å². The first-order valence-electron chi connectivity index (χ1n) is 7.88. The first kappa shape index (κ1) is 17.5. The van der Waals surface area contributed by atoms with Crippen molar-refractivity contribution in [3.8, 4) is 5.75 Å². The predicted octanol–water partition coefficient (Wildman–Crippen LogP) is 0.147. The van der Waals surface area contributed by atoms with E-state index in [1.807, 2.05) is 0 Å². The van der Waals surface area contributed by atoms with Crippen molar-refractivity contribution < 1.29 is 19.1 Å². The third-order valence-electron chi connectivity index (χ3n) is 4.40. The Kier molecular flexibility index (Phi) is 4.37. The van der Waals surface area contributed by atoms with Crippen LogP contribution >= 0.6 is 0 Å². The maximum atomic E-state index is 12.8. The minimum Gasteiger partial charge on any atom is -0.497 e. The molecule has 3 rings (SSSR count). The Bertz CT molecular complexity index is 878. The van der Waals surface area contributed by atoms with Crippen LogP contribution in [0.4, 0.5) is 4.79 Å². The highest BCUT2D eigenvalue weighted by atomic mass is 16.5. The molecule has 26 heavy (non-hydrogen) atoms. The number of rotatable bonds is 6. The number of hydrogen-bond acceptors (Lipinski definition) is 5. The van der Waals surface area contributed by atoms with Gasteiger partial charge in [-0.15, -0.1) is 0 Å². The van der Waals surface area contributed by atoms with Gasteiger partial charge in [-0.3, -0.25) is 9.48 Å². The second-order valence-electron chi connectivity index (χ2n) is 6.17. The number of hydrogen-bond donors (Lipinski definition) is 2. The van der Waals surface area contributed by atoms with Crippen molar-refractivity contribution in [2.24, 2.45) is 12.8 Å². The zero-order valence-corrected chi connectivity index (χ0v) is 14.4. The number of nitrogens with one attached hydrogen (secondary N) is 1. The van der Waals surface area contributed by atoms with Gasteiger partial charge in [-0.25, -0.2) is 4.79 Å². The molecule has 136 valence electrons. The molecule has 0 saturated carbocycles. The third-order valence-corrected chi connectivity index (χ3v) is 4.40. The molecule has 0 aliphatic carbocycles. The van der Waals surface area contributed by atoms with Crippen LogP contribution in [-0.2, 0) is 23.9 Å². The van der Waals surface area contributed by atoms with E-state index in [0.29, 0.717) is 29.7 Å². The molecular weight excluding hydrogens is 338 g/mol. The normalized spacial score (nSPS) is 15.3. The molecule has 1 aromatic heterocycles. The second kappa shape index (κ2) is 6.51. The molecule has 0 fully saturated rings. The van der Waals surface area contributed by atoms with Crippen molar-refractivity contribution in [2.45, 2.75) is 12.1 Å². The number of fused-ring (bicyclic) bond motifs is 1. The number of amides is 3. The fourth-order valence-electron chi connectivity index (χ4n) is 3.11. The average Bonchev–Trinajstić information content (AvgIpc) is 3.18. The first-order valence-corrected chi connectivity index (χ1v) is 7.88. The Morgan fingerprint density at radius 3 is 2.85 bits per heavy atom. The lowest BCUT2D eigenvalue weighted by molar-refractivity contribution is -0.113. The Morgan fingerprint density at radius 1 is 1.50 bits per heavy atom. The Hall–Kier alpha value is -3.36. The zero-order valence-electron chi connectivity index (χ0n) is 14.4. The van der Waals surface area contributed by atoms with Crippen LogP contribution in [0.5, 0.6) is 5.75 Å². The van der Waals surface area contributed by atoms with Crippen LogP contribution in [0, 0.1) is 0 Å². The van der Waals surface area contributed by atoms with Gasteiger partial charge in [0.15, 0.2) is 6.29 Å². The van der Waals surface area contributed by atoms with Crippen LogP contribution in [0.15, 0.2) is 30.6 Å². The van der Waals surface area contributed by atoms with Crippen molar-refractivity contribution >= 4 is 18.2 Å². The number of methoxy groups -OCH3 is 1. The van der Waals surface area contributed by atoms with Gasteiger partial charge >= 0.3 is 6.03 Å². The molecule has 0 radical (unpaired) electrons. The van der Waals surface area contributed by atoms with Crippen LogP contribution < -0.4 is 15.8 Å². The van der Waals surface area contributed by atoms with Crippen molar-refractivity contribution in [3.63, 3.8) is 0 Å². The number of aromatic nitrogens is 2. The van der Waals surface area contributed by atoms with E-state index < -0.39 is 11.6 Å². The molecule has 0 saturated heterocycles. The minimum absolute atomic E-state index is 0.0685. The van der Waals surface area contributed by atoms with E-state index in [2.05, 4.69) is 10.4 Å². The summed E-state index contributed by atoms with van der Waals surface area (Å²) in [5.41, 5.74) is 5.56. The molecule has 1 aromatic carbocycles. The SMILES string of the molecule is COc1ccc2c(c1)C(=O)N(CC(C=O)(NC(N)=O)c1cnn(C)c1)C2. The molecule has 1 unspecified atom stereocenters. The maximum Gasteiger partial charge on any atom is 0.313 e. The standard InChI is InChI=1S/C17H19N5O4/c1-21-8-12(6-19-21)17(10-23,20-16(18)25)9-22-7-11-3-4-13(26-2)5-14(11)15(22)24/h3-6,8,10H,7,9H2,1-2H3,(H3,18,20,25). The fourth-order valence-corrected chi connectivity index (χ4v) is 3.11. The van der Waals surface area contributed by atoms with Gasteiger partial charge in [0, 0.05) is 30.9 Å². The zero-order chi connectivity index (χ0) is 18.9. The van der Waals surface area contributed by atoms with Crippen molar-refractivity contribution in [1.82, 2.24) is 20.0 Å². The van der Waals surface area contributed by atoms with Gasteiger partial charge in [-0.1, -0.05) is 6.07 Å². The molecule has 1 aliphatic heterocycles. The largest absolute Gasteiger partial charge is 0.497 e. The summed E-state index contributed by atoms with van der Waals surface area (Å²) in [4.78, 5) is 37.7. The lowest BCUT2D eigenvalue weighted by Gasteiger charge is -2.31. The first-order chi connectivity index (χ1) is 12.4. The van der Waals surface area contributed by atoms with E-state index >= 15 is 0 Å². The third kappa shape index (κ3) is 2.99. The summed E-state index contributed by atoms with van der Waals surface area (Å²) in [7, 11) is 3.21. The number of nitrogens with zero attached hydrogens (tertiary/aromatic N) is 3. The monoisotopic (exact) mass is 357 g/mol. The van der Waals surface area contributed by atoms with Gasteiger partial charge in [-0.2, -0.15) is 5.10 Å². The predicted molar refractivity (Wildman–Crippen MR) is 91.4 cm³/mol. The number of carbonyl (C=O) groups is 3. The number of carbonyl (C=O) groups excluding carboxylic acids is 3. The molecule has 2 heterocycles. The molecule has 1 aliphatic rings. The van der Waals surface area contributed by atoms with Crippen LogP contribution in [0.2, 0.25) is 0 Å². The Balaban J connectivity index is 1.94. The number of benzene rings is 1. The van der Waals surface area contributed by atoms with Gasteiger partial charge in [0.05, 0.1) is 19.9 Å². The molecule has 0 spiro atoms. The van der Waals surface area contributed by atoms with E-state index in [9.17, 15) is 14.4 Å². The summed E-state index contributed by atoms with van der Waals surface area (Å²) in [6.07, 6.45) is 3.63. The summed E-state index contributed by atoms with van der Waals surface area (Å²) in [6, 6.07) is 4.36. The molecule has 1 atom stereocenters. The molecule has 9 nitrogen and oxygen atoms in total. The number of aryl methyl sites for hydroxylation is 1. The molecule has 3 amide bonds. The number of ether oxygens (including phenoxy) is 1. The Morgan fingerprint density at radius 2 is 2.27 bits per heavy atom. The minimum atomic E-state index is -1.48. The van der Waals surface area contributed by atoms with Crippen LogP contribution in [0.3, 0.4) is 0 Å². The second-order valence-corrected chi connectivity index (χ2v) is 6.17. The van der Waals surface area contributed by atoms with E-state index in [1.54, 1.807) is 31.4 Å². The van der Waals surface area contributed by atoms with Crippen LogP contribution in [0.1, 0.15) is 21.5 Å². The quantitative estimate of drug-likeness (QED) is 0.713. The number of primary amides is 1. The van der Waals surface area contributed by atoms with Crippen molar-refractivity contribution in [1.29, 1.82) is 0 Å². The summed E-state index contributed by atoms with van der Waals surface area (Å²) < 4.78 is 6.66. The fraction of sp³-hybridized carbons (Fsp3) is 0.294. The molecular formula is C17H19N5O4. The highest BCUT2D eigenvalue weighted by Crippen LogP contribution is 2.30. The van der Waals surface area contributed by atoms with E-state index in [4.69, 9.17) is 10.5 Å².